The van der Waals surface area contributed by atoms with E-state index in [1.165, 1.54) is 22.9 Å². The standard InChI is InChI=1S/C12H11N3O4S/c1-7-6-20-12(19)15(7)5-9(16)14-8-3-2-4-13-10(8)11(17)18/h2-4,6H,5H2,1H3,(H,14,16)(H,17,18). The van der Waals surface area contributed by atoms with Crippen LogP contribution >= 0.6 is 11.3 Å². The highest BCUT2D eigenvalue weighted by atomic mass is 32.1. The van der Waals surface area contributed by atoms with Gasteiger partial charge in [0.05, 0.1) is 5.69 Å². The van der Waals surface area contributed by atoms with Gasteiger partial charge < -0.3 is 10.4 Å². The topological polar surface area (TPSA) is 101 Å². The molecule has 0 aliphatic heterocycles. The average molecular weight is 293 g/mol. The van der Waals surface area contributed by atoms with Crippen LogP contribution in [0.3, 0.4) is 0 Å². The first kappa shape index (κ1) is 13.9. The van der Waals surface area contributed by atoms with Crippen LogP contribution < -0.4 is 10.2 Å². The molecule has 8 heteroatoms. The molecule has 0 saturated heterocycles. The number of rotatable bonds is 4. The molecule has 2 aromatic rings. The highest BCUT2D eigenvalue weighted by Crippen LogP contribution is 2.12. The summed E-state index contributed by atoms with van der Waals surface area (Å²) in [5.74, 6) is -1.71. The van der Waals surface area contributed by atoms with Crippen LogP contribution in [0.2, 0.25) is 0 Å². The molecule has 0 unspecified atom stereocenters. The SMILES string of the molecule is Cc1csc(=O)n1CC(=O)Nc1cccnc1C(=O)O. The Labute approximate surface area is 117 Å². The number of carbonyl (C=O) groups is 2. The molecular formula is C12H11N3O4S. The molecule has 2 aromatic heterocycles. The summed E-state index contributed by atoms with van der Waals surface area (Å²) in [6.07, 6.45) is 1.33. The van der Waals surface area contributed by atoms with Gasteiger partial charge in [-0.3, -0.25) is 14.2 Å². The van der Waals surface area contributed by atoms with E-state index in [1.54, 1.807) is 12.3 Å². The Morgan fingerprint density at radius 2 is 2.25 bits per heavy atom. The van der Waals surface area contributed by atoms with Crippen molar-refractivity contribution in [3.05, 3.63) is 44.8 Å². The zero-order valence-electron chi connectivity index (χ0n) is 10.5. The van der Waals surface area contributed by atoms with E-state index in [4.69, 9.17) is 5.11 Å². The smallest absolute Gasteiger partial charge is 0.356 e. The van der Waals surface area contributed by atoms with Gasteiger partial charge >= 0.3 is 10.8 Å². The number of pyridine rings is 1. The first-order valence-corrected chi connectivity index (χ1v) is 6.50. The van der Waals surface area contributed by atoms with Gasteiger partial charge in [-0.25, -0.2) is 9.78 Å². The van der Waals surface area contributed by atoms with E-state index in [0.29, 0.717) is 5.69 Å². The van der Waals surface area contributed by atoms with E-state index in [0.717, 1.165) is 11.3 Å². The third kappa shape index (κ3) is 2.91. The predicted molar refractivity (Wildman–Crippen MR) is 73.1 cm³/mol. The lowest BCUT2D eigenvalue weighted by molar-refractivity contribution is -0.116. The van der Waals surface area contributed by atoms with E-state index in [1.807, 2.05) is 0 Å². The second-order valence-corrected chi connectivity index (χ2v) is 4.80. The fourth-order valence-corrected chi connectivity index (χ4v) is 2.34. The van der Waals surface area contributed by atoms with E-state index in [-0.39, 0.29) is 22.8 Å². The van der Waals surface area contributed by atoms with E-state index >= 15 is 0 Å². The maximum absolute atomic E-state index is 11.9. The lowest BCUT2D eigenvalue weighted by Gasteiger charge is -2.08. The van der Waals surface area contributed by atoms with Crippen molar-refractivity contribution in [3.8, 4) is 0 Å². The molecule has 0 saturated carbocycles. The van der Waals surface area contributed by atoms with Gasteiger partial charge in [0.1, 0.15) is 6.54 Å². The Hall–Kier alpha value is -2.48. The summed E-state index contributed by atoms with van der Waals surface area (Å²) in [7, 11) is 0. The number of carboxylic acids is 1. The van der Waals surface area contributed by atoms with Gasteiger partial charge in [-0.1, -0.05) is 11.3 Å². The molecule has 104 valence electrons. The van der Waals surface area contributed by atoms with Crippen molar-refractivity contribution in [2.75, 3.05) is 5.32 Å². The number of anilines is 1. The van der Waals surface area contributed by atoms with Crippen molar-refractivity contribution in [2.45, 2.75) is 13.5 Å². The van der Waals surface area contributed by atoms with Crippen molar-refractivity contribution in [2.24, 2.45) is 0 Å². The molecular weight excluding hydrogens is 282 g/mol. The first-order chi connectivity index (χ1) is 9.49. The number of aryl methyl sites for hydroxylation is 1. The normalized spacial score (nSPS) is 10.2. The summed E-state index contributed by atoms with van der Waals surface area (Å²) >= 11 is 1.01. The number of nitrogens with zero attached hydrogens (tertiary/aromatic N) is 2. The fraction of sp³-hybridized carbons (Fsp3) is 0.167. The molecule has 2 heterocycles. The molecule has 0 aliphatic rings. The summed E-state index contributed by atoms with van der Waals surface area (Å²) in [6, 6.07) is 2.96. The van der Waals surface area contributed by atoms with Gasteiger partial charge in [0.15, 0.2) is 5.69 Å². The van der Waals surface area contributed by atoms with Crippen molar-refractivity contribution in [1.29, 1.82) is 0 Å². The van der Waals surface area contributed by atoms with Gasteiger partial charge in [-0.05, 0) is 19.1 Å². The second kappa shape index (κ2) is 5.66. The first-order valence-electron chi connectivity index (χ1n) is 5.62. The Morgan fingerprint density at radius 1 is 1.50 bits per heavy atom. The second-order valence-electron chi connectivity index (χ2n) is 3.98. The highest BCUT2D eigenvalue weighted by Gasteiger charge is 2.14. The number of hydrogen-bond acceptors (Lipinski definition) is 5. The molecule has 1 amide bonds. The molecule has 2 rings (SSSR count). The Balaban J connectivity index is 2.17. The number of nitrogens with one attached hydrogen (secondary N) is 1. The molecule has 0 spiro atoms. The van der Waals surface area contributed by atoms with Crippen molar-refractivity contribution < 1.29 is 14.7 Å². The summed E-state index contributed by atoms with van der Waals surface area (Å²) < 4.78 is 1.32. The van der Waals surface area contributed by atoms with Crippen molar-refractivity contribution in [1.82, 2.24) is 9.55 Å². The zero-order chi connectivity index (χ0) is 14.7. The lowest BCUT2D eigenvalue weighted by atomic mass is 10.3. The van der Waals surface area contributed by atoms with Crippen LogP contribution in [-0.2, 0) is 11.3 Å². The number of amides is 1. The van der Waals surface area contributed by atoms with Gasteiger partial charge in [0.2, 0.25) is 5.91 Å². The van der Waals surface area contributed by atoms with Crippen LogP contribution in [0.5, 0.6) is 0 Å². The lowest BCUT2D eigenvalue weighted by Crippen LogP contribution is -2.26. The van der Waals surface area contributed by atoms with Gasteiger partial charge in [-0.2, -0.15) is 0 Å². The fourth-order valence-electron chi connectivity index (χ4n) is 1.61. The van der Waals surface area contributed by atoms with Crippen LogP contribution in [0.4, 0.5) is 5.69 Å². The maximum Gasteiger partial charge on any atom is 0.356 e. The molecule has 0 fully saturated rings. The third-order valence-corrected chi connectivity index (χ3v) is 3.44. The third-order valence-electron chi connectivity index (χ3n) is 2.56. The Kier molecular flexibility index (Phi) is 3.94. The van der Waals surface area contributed by atoms with Crippen LogP contribution in [-0.4, -0.2) is 26.5 Å². The zero-order valence-corrected chi connectivity index (χ0v) is 11.3. The number of aromatic nitrogens is 2. The van der Waals surface area contributed by atoms with Crippen molar-refractivity contribution in [3.63, 3.8) is 0 Å². The number of hydrogen-bond donors (Lipinski definition) is 2. The van der Waals surface area contributed by atoms with E-state index < -0.39 is 11.9 Å². The van der Waals surface area contributed by atoms with E-state index in [9.17, 15) is 14.4 Å². The number of carbonyl (C=O) groups excluding carboxylic acids is 1. The van der Waals surface area contributed by atoms with Gasteiger partial charge in [0.25, 0.3) is 0 Å². The Bertz CT molecular complexity index is 719. The molecule has 0 atom stereocenters. The number of aromatic carboxylic acids is 1. The minimum Gasteiger partial charge on any atom is -0.476 e. The summed E-state index contributed by atoms with van der Waals surface area (Å²) in [5.41, 5.74) is 0.543. The quantitative estimate of drug-likeness (QED) is 0.874. The monoisotopic (exact) mass is 293 g/mol. The van der Waals surface area contributed by atoms with Crippen LogP contribution in [0, 0.1) is 6.92 Å². The predicted octanol–water partition coefficient (Wildman–Crippen LogP) is 0.950. The molecule has 0 aromatic carbocycles. The summed E-state index contributed by atoms with van der Waals surface area (Å²) in [5, 5.41) is 13.1. The molecule has 0 radical (unpaired) electrons. The summed E-state index contributed by atoms with van der Waals surface area (Å²) in [4.78, 5) is 37.8. The molecule has 2 N–H and O–H groups in total. The maximum atomic E-state index is 11.9. The summed E-state index contributed by atoms with van der Waals surface area (Å²) in [6.45, 7) is 1.56. The minimum atomic E-state index is -1.23. The van der Waals surface area contributed by atoms with Gasteiger partial charge in [-0.15, -0.1) is 0 Å². The highest BCUT2D eigenvalue weighted by molar-refractivity contribution is 7.07. The van der Waals surface area contributed by atoms with E-state index in [2.05, 4.69) is 10.3 Å². The van der Waals surface area contributed by atoms with Crippen LogP contribution in [0.25, 0.3) is 0 Å². The Morgan fingerprint density at radius 3 is 2.85 bits per heavy atom. The molecule has 0 aliphatic carbocycles. The number of carboxylic acid groups (broad SMARTS) is 1. The minimum absolute atomic E-state index is 0.103. The average Bonchev–Trinajstić information content (AvgIpc) is 2.71. The van der Waals surface area contributed by atoms with Gasteiger partial charge in [0, 0.05) is 17.3 Å². The number of thiazole rings is 1. The molecule has 20 heavy (non-hydrogen) atoms. The van der Waals surface area contributed by atoms with Crippen LogP contribution in [0.1, 0.15) is 16.2 Å². The van der Waals surface area contributed by atoms with Crippen LogP contribution in [0.15, 0.2) is 28.5 Å². The molecule has 0 bridgehead atoms. The largest absolute Gasteiger partial charge is 0.476 e. The molecule has 7 nitrogen and oxygen atoms in total. The van der Waals surface area contributed by atoms with Crippen molar-refractivity contribution >= 4 is 28.9 Å².